The van der Waals surface area contributed by atoms with Gasteiger partial charge in [0.15, 0.2) is 0 Å². The molecule has 0 aliphatic heterocycles. The van der Waals surface area contributed by atoms with E-state index in [-0.39, 0.29) is 123 Å². The molecule has 13 heteroatoms. The maximum atomic E-state index is 11.1. The van der Waals surface area contributed by atoms with Crippen LogP contribution in [0.5, 0.6) is 0 Å². The van der Waals surface area contributed by atoms with E-state index < -0.39 is 17.9 Å². The van der Waals surface area contributed by atoms with Gasteiger partial charge in [0.25, 0.3) is 0 Å². The van der Waals surface area contributed by atoms with Crippen LogP contribution in [0, 0.1) is 139 Å². The van der Waals surface area contributed by atoms with Gasteiger partial charge >= 0.3 is 17.1 Å². The van der Waals surface area contributed by atoms with Crippen molar-refractivity contribution >= 4 is 17.9 Å². The molecule has 0 aromatic rings. The molecular weight excluding hydrogens is 1110 g/mol. The molecule has 12 rings (SSSR count). The number of aliphatic carboxylic acids is 3. The molecule has 0 saturated heterocycles. The van der Waals surface area contributed by atoms with Crippen molar-refractivity contribution in [1.29, 1.82) is 0 Å². The van der Waals surface area contributed by atoms with E-state index in [1.807, 2.05) is 0 Å². The monoisotopic (exact) mass is 1230 g/mol. The molecule has 12 saturated carbocycles. The van der Waals surface area contributed by atoms with Gasteiger partial charge in [0.05, 0.1) is 36.6 Å². The van der Waals surface area contributed by atoms with Gasteiger partial charge in [0.1, 0.15) is 0 Å². The first-order valence-corrected chi connectivity index (χ1v) is 35.2. The molecule has 3 unspecified atom stereocenters. The Kier molecular flexibility index (Phi) is 20.8. The number of aliphatic hydroxyl groups excluding tert-OH is 6. The summed E-state index contributed by atoms with van der Waals surface area (Å²) in [7, 11) is 0. The number of fused-ring (bicyclic) bond motifs is 15. The van der Waals surface area contributed by atoms with E-state index in [2.05, 4.69) is 62.3 Å². The zero-order valence-electron chi connectivity index (χ0n) is 54.1. The van der Waals surface area contributed by atoms with Crippen molar-refractivity contribution in [2.75, 3.05) is 0 Å². The van der Waals surface area contributed by atoms with E-state index in [1.165, 1.54) is 77.0 Å². The summed E-state index contributed by atoms with van der Waals surface area (Å²) < 4.78 is 0. The topological polar surface area (TPSA) is 242 Å². The second-order valence-electron chi connectivity index (χ2n) is 34.0. The number of carboxylic acid groups (broad SMARTS) is 3. The Labute approximate surface area is 523 Å². The van der Waals surface area contributed by atoms with Crippen molar-refractivity contribution < 1.29 is 77.4 Å². The summed E-state index contributed by atoms with van der Waals surface area (Å²) in [5.41, 5.74) is 1.35. The second-order valence-corrected chi connectivity index (χ2v) is 34.0. The first kappa shape index (κ1) is 68.1. The van der Waals surface area contributed by atoms with Gasteiger partial charge in [0, 0.05) is 17.9 Å². The summed E-state index contributed by atoms with van der Waals surface area (Å²) in [6.07, 6.45) is 26.6. The molecular formula is C72H117FeO12. The SMILES string of the molecule is C[C@H](CCC(=O)[O-])[C@H]1CC[C@H]2[C@@H]3C[C@H](O)C4C[C@H](O)CC[C@]4(C)[C@H]3CC[C@]12C.C[C@H](CCC(=O)[O-])[C@H]1CC[C@H]2[C@@H]3C[C@H](O)C4C[C@H](O)CC[C@]4(C)[C@H]3CC[C@]12C.C[C@H](CCC(=O)[O-])[C@H]1CC[C@H]2[C@@H]3C[C@H](O)C4C[C@H](O)CC[C@]4(C)[C@H]3CC[C@]12C.[Fe+3]. The summed E-state index contributed by atoms with van der Waals surface area (Å²) in [6, 6.07) is 0. The fourth-order valence-corrected chi connectivity index (χ4v) is 26.4. The van der Waals surface area contributed by atoms with Gasteiger partial charge in [-0.25, -0.2) is 0 Å². The van der Waals surface area contributed by atoms with Gasteiger partial charge in [-0.05, 0) is 332 Å². The number of hydrogen-bond acceptors (Lipinski definition) is 12. The van der Waals surface area contributed by atoms with Gasteiger partial charge in [0.2, 0.25) is 0 Å². The average molecular weight is 1230 g/mol. The minimum Gasteiger partial charge on any atom is -0.550 e. The summed E-state index contributed by atoms with van der Waals surface area (Å²) in [5.74, 6) is 6.74. The van der Waals surface area contributed by atoms with E-state index in [0.29, 0.717) is 88.8 Å². The summed E-state index contributed by atoms with van der Waals surface area (Å²) >= 11 is 0. The second kappa shape index (κ2) is 26.0. The first-order chi connectivity index (χ1) is 39.5. The number of carbonyl (C=O) groups excluding carboxylic acids is 3. The molecule has 30 atom stereocenters. The van der Waals surface area contributed by atoms with Crippen molar-refractivity contribution in [3.63, 3.8) is 0 Å². The van der Waals surface area contributed by atoms with E-state index >= 15 is 0 Å². The van der Waals surface area contributed by atoms with Crippen LogP contribution in [0.4, 0.5) is 0 Å². The molecule has 12 fully saturated rings. The molecule has 0 aromatic carbocycles. The van der Waals surface area contributed by atoms with Gasteiger partial charge < -0.3 is 60.3 Å². The normalized spacial score (nSPS) is 51.1. The fourth-order valence-electron chi connectivity index (χ4n) is 26.4. The van der Waals surface area contributed by atoms with Crippen molar-refractivity contribution in [2.24, 2.45) is 139 Å². The van der Waals surface area contributed by atoms with Crippen LogP contribution in [0.15, 0.2) is 0 Å². The van der Waals surface area contributed by atoms with Crippen molar-refractivity contribution in [1.82, 2.24) is 0 Å². The van der Waals surface area contributed by atoms with Crippen molar-refractivity contribution in [3.05, 3.63) is 0 Å². The number of rotatable bonds is 12. The number of aliphatic hydroxyl groups is 6. The van der Waals surface area contributed by atoms with Crippen LogP contribution in [0.1, 0.15) is 255 Å². The molecule has 85 heavy (non-hydrogen) atoms. The molecule has 12 aliphatic carbocycles. The molecule has 12 aliphatic rings. The smallest absolute Gasteiger partial charge is 0.550 e. The molecule has 0 spiro atoms. The third-order valence-corrected chi connectivity index (χ3v) is 30.6. The molecule has 485 valence electrons. The number of carboxylic acids is 3. The van der Waals surface area contributed by atoms with Gasteiger partial charge in [-0.1, -0.05) is 62.3 Å². The van der Waals surface area contributed by atoms with Crippen LogP contribution in [0.25, 0.3) is 0 Å². The Balaban J connectivity index is 0.000000152. The first-order valence-electron chi connectivity index (χ1n) is 35.2. The zero-order valence-corrected chi connectivity index (χ0v) is 55.2. The average Bonchev–Trinajstić information content (AvgIpc) is 1.84. The predicted molar refractivity (Wildman–Crippen MR) is 318 cm³/mol. The Morgan fingerprint density at radius 3 is 0.800 bits per heavy atom. The molecule has 0 amide bonds. The molecule has 0 heterocycles. The van der Waals surface area contributed by atoms with Crippen molar-refractivity contribution in [3.8, 4) is 0 Å². The summed E-state index contributed by atoms with van der Waals surface area (Å²) in [5, 5.41) is 96.6. The van der Waals surface area contributed by atoms with Crippen LogP contribution in [-0.4, -0.2) is 85.2 Å². The van der Waals surface area contributed by atoms with Crippen LogP contribution in [-0.2, 0) is 31.5 Å². The third kappa shape index (κ3) is 12.4. The van der Waals surface area contributed by atoms with E-state index in [4.69, 9.17) is 0 Å². The van der Waals surface area contributed by atoms with Gasteiger partial charge in [-0.15, -0.1) is 0 Å². The van der Waals surface area contributed by atoms with E-state index in [9.17, 15) is 60.3 Å². The zero-order chi connectivity index (χ0) is 60.8. The quantitative estimate of drug-likeness (QED) is 0.100. The van der Waals surface area contributed by atoms with E-state index in [0.717, 1.165) is 96.3 Å². The standard InChI is InChI=1S/3C24H40O4.Fe/c3*1-14(4-7-22(27)28)17-5-6-18-16-13-21(26)20-12-15(25)8-10-24(20,3)19(16)9-11-23(17,18)2;/h3*14-21,25-26H,4-13H2,1-3H3,(H,27,28);/q;;;+3/p-3/t3*14-,15-,16+,17-,18+,19+,20?,21+,23-,24-;/m111./s1. The molecule has 0 bridgehead atoms. The molecule has 6 N–H and O–H groups in total. The minimum absolute atomic E-state index is 0. The Bertz CT molecular complexity index is 2070. The Morgan fingerprint density at radius 1 is 0.341 bits per heavy atom. The Hall–Kier alpha value is -1.31. The predicted octanol–water partition coefficient (Wildman–Crippen LogP) is 9.43. The van der Waals surface area contributed by atoms with Crippen LogP contribution >= 0.6 is 0 Å². The van der Waals surface area contributed by atoms with Crippen molar-refractivity contribution in [2.45, 2.75) is 292 Å². The molecule has 12 nitrogen and oxygen atoms in total. The molecule has 1 radical (unpaired) electrons. The van der Waals surface area contributed by atoms with E-state index in [1.54, 1.807) is 0 Å². The van der Waals surface area contributed by atoms with Crippen LogP contribution < -0.4 is 15.3 Å². The van der Waals surface area contributed by atoms with Crippen LogP contribution in [0.2, 0.25) is 0 Å². The third-order valence-electron chi connectivity index (χ3n) is 30.6. The largest absolute Gasteiger partial charge is 3.00 e. The molecule has 0 aromatic heterocycles. The minimum atomic E-state index is -0.927. The van der Waals surface area contributed by atoms with Gasteiger partial charge in [-0.3, -0.25) is 0 Å². The van der Waals surface area contributed by atoms with Crippen LogP contribution in [0.3, 0.4) is 0 Å². The summed E-state index contributed by atoms with van der Waals surface area (Å²) in [6.45, 7) is 21.3. The number of carbonyl (C=O) groups is 3. The maximum Gasteiger partial charge on any atom is 3.00 e. The number of hydrogen-bond donors (Lipinski definition) is 6. The Morgan fingerprint density at radius 2 is 0.565 bits per heavy atom. The summed E-state index contributed by atoms with van der Waals surface area (Å²) in [4.78, 5) is 32.8. The van der Waals surface area contributed by atoms with Gasteiger partial charge in [-0.2, -0.15) is 0 Å². The fraction of sp³-hybridized carbons (Fsp3) is 0.958. The maximum absolute atomic E-state index is 11.1.